The zero-order valence-electron chi connectivity index (χ0n) is 10.8. The van der Waals surface area contributed by atoms with Gasteiger partial charge in [-0.15, -0.1) is 5.10 Å². The number of aliphatic hydroxyl groups excluding tert-OH is 1. The Hall–Kier alpha value is -2.16. The topological polar surface area (TPSA) is 121 Å². The molecule has 2 heterocycles. The largest absolute Gasteiger partial charge is 0.480 e. The molecule has 0 aliphatic carbocycles. The lowest BCUT2D eigenvalue weighted by atomic mass is 10.2. The number of carbonyl (C=O) groups is 2. The number of carboxylic acid groups (broad SMARTS) is 1. The maximum Gasteiger partial charge on any atom is 0.326 e. The number of amides is 2. The van der Waals surface area contributed by atoms with Crippen molar-refractivity contribution in [3.8, 4) is 0 Å². The molecule has 0 saturated carbocycles. The van der Waals surface area contributed by atoms with Gasteiger partial charge in [0, 0.05) is 32.3 Å². The van der Waals surface area contributed by atoms with Crippen LogP contribution >= 0.6 is 0 Å². The highest BCUT2D eigenvalue weighted by Gasteiger charge is 2.38. The third kappa shape index (κ3) is 3.44. The predicted molar refractivity (Wildman–Crippen MR) is 66.8 cm³/mol. The van der Waals surface area contributed by atoms with Crippen LogP contribution in [-0.2, 0) is 11.3 Å². The van der Waals surface area contributed by atoms with Crippen molar-refractivity contribution in [2.45, 2.75) is 31.5 Å². The minimum atomic E-state index is -1.10. The number of carbonyl (C=O) groups excluding carboxylic acids is 1. The van der Waals surface area contributed by atoms with Gasteiger partial charge in [-0.1, -0.05) is 5.21 Å². The van der Waals surface area contributed by atoms with Gasteiger partial charge in [-0.3, -0.25) is 4.68 Å². The van der Waals surface area contributed by atoms with Gasteiger partial charge in [0.1, 0.15) is 6.04 Å². The number of likely N-dealkylation sites (tertiary alicyclic amines) is 1. The van der Waals surface area contributed by atoms with Crippen LogP contribution in [0.1, 0.15) is 12.8 Å². The zero-order valence-corrected chi connectivity index (χ0v) is 10.8. The summed E-state index contributed by atoms with van der Waals surface area (Å²) >= 11 is 0. The van der Waals surface area contributed by atoms with Crippen LogP contribution < -0.4 is 5.32 Å². The quantitative estimate of drug-likeness (QED) is 0.590. The molecular formula is C11H17N5O4. The molecule has 110 valence electrons. The summed E-state index contributed by atoms with van der Waals surface area (Å²) in [7, 11) is 0. The molecule has 0 radical (unpaired) electrons. The first kappa shape index (κ1) is 14.3. The lowest BCUT2D eigenvalue weighted by Gasteiger charge is -2.21. The molecule has 9 nitrogen and oxygen atoms in total. The van der Waals surface area contributed by atoms with Crippen LogP contribution in [-0.4, -0.2) is 67.3 Å². The van der Waals surface area contributed by atoms with E-state index in [2.05, 4.69) is 15.6 Å². The summed E-state index contributed by atoms with van der Waals surface area (Å²) in [5, 5.41) is 28.5. The third-order valence-electron chi connectivity index (χ3n) is 3.14. The highest BCUT2D eigenvalue weighted by Crippen LogP contribution is 2.17. The normalized spacial score (nSPS) is 21.9. The molecular weight excluding hydrogens is 266 g/mol. The number of urea groups is 1. The van der Waals surface area contributed by atoms with Crippen molar-refractivity contribution in [1.29, 1.82) is 0 Å². The van der Waals surface area contributed by atoms with Gasteiger partial charge < -0.3 is 20.4 Å². The molecule has 3 N–H and O–H groups in total. The van der Waals surface area contributed by atoms with Crippen molar-refractivity contribution in [1.82, 2.24) is 25.2 Å². The maximum absolute atomic E-state index is 11.9. The Balaban J connectivity index is 1.75. The van der Waals surface area contributed by atoms with Gasteiger partial charge in [-0.25, -0.2) is 9.59 Å². The van der Waals surface area contributed by atoms with Crippen molar-refractivity contribution < 1.29 is 19.8 Å². The van der Waals surface area contributed by atoms with Crippen LogP contribution in [0, 0.1) is 0 Å². The van der Waals surface area contributed by atoms with Crippen LogP contribution in [0.4, 0.5) is 4.79 Å². The van der Waals surface area contributed by atoms with E-state index in [1.54, 1.807) is 17.1 Å². The standard InChI is InChI=1S/C11H17N5O4/c17-8-6-9(10(18)19)16(7-8)11(20)12-2-1-4-15-5-3-13-14-15/h3,5,8-9,17H,1-2,4,6-7H2,(H,12,20)(H,18,19)/t8-,9+/m1/s1. The molecule has 0 unspecified atom stereocenters. The van der Waals surface area contributed by atoms with Gasteiger partial charge in [-0.05, 0) is 6.42 Å². The number of aryl methyl sites for hydroxylation is 1. The third-order valence-corrected chi connectivity index (χ3v) is 3.14. The number of hydrogen-bond donors (Lipinski definition) is 3. The van der Waals surface area contributed by atoms with Crippen LogP contribution in [0.3, 0.4) is 0 Å². The number of rotatable bonds is 5. The molecule has 2 amide bonds. The lowest BCUT2D eigenvalue weighted by Crippen LogP contribution is -2.46. The SMILES string of the molecule is O=C(O)[C@@H]1C[C@@H](O)CN1C(=O)NCCCn1ccnn1. The molecule has 1 aromatic heterocycles. The van der Waals surface area contributed by atoms with Crippen molar-refractivity contribution in [3.05, 3.63) is 12.4 Å². The maximum atomic E-state index is 11.9. The van der Waals surface area contributed by atoms with E-state index in [0.717, 1.165) is 4.90 Å². The predicted octanol–water partition coefficient (Wildman–Crippen LogP) is -1.10. The van der Waals surface area contributed by atoms with Crippen LogP contribution in [0.5, 0.6) is 0 Å². The average molecular weight is 283 g/mol. The van der Waals surface area contributed by atoms with Crippen LogP contribution in [0.25, 0.3) is 0 Å². The molecule has 2 atom stereocenters. The molecule has 0 bridgehead atoms. The molecule has 1 aliphatic heterocycles. The second kappa shape index (κ2) is 6.33. The minimum Gasteiger partial charge on any atom is -0.480 e. The highest BCUT2D eigenvalue weighted by molar-refractivity contribution is 5.83. The Bertz CT molecular complexity index is 463. The van der Waals surface area contributed by atoms with E-state index in [9.17, 15) is 14.7 Å². The van der Waals surface area contributed by atoms with Gasteiger partial charge >= 0.3 is 12.0 Å². The van der Waals surface area contributed by atoms with Gasteiger partial charge in [0.2, 0.25) is 0 Å². The number of nitrogens with one attached hydrogen (secondary N) is 1. The number of hydrogen-bond acceptors (Lipinski definition) is 5. The van der Waals surface area contributed by atoms with E-state index in [0.29, 0.717) is 19.5 Å². The van der Waals surface area contributed by atoms with E-state index in [1.807, 2.05) is 0 Å². The first-order valence-corrected chi connectivity index (χ1v) is 6.37. The van der Waals surface area contributed by atoms with Crippen molar-refractivity contribution in [2.24, 2.45) is 0 Å². The van der Waals surface area contributed by atoms with E-state index < -0.39 is 24.1 Å². The van der Waals surface area contributed by atoms with Crippen LogP contribution in [0.15, 0.2) is 12.4 Å². The molecule has 20 heavy (non-hydrogen) atoms. The lowest BCUT2D eigenvalue weighted by molar-refractivity contribution is -0.141. The molecule has 1 aliphatic rings. The second-order valence-corrected chi connectivity index (χ2v) is 4.65. The van der Waals surface area contributed by atoms with Crippen molar-refractivity contribution in [3.63, 3.8) is 0 Å². The summed E-state index contributed by atoms with van der Waals surface area (Å²) in [6.07, 6.45) is 3.24. The Kier molecular flexibility index (Phi) is 4.51. The molecule has 0 aromatic carbocycles. The first-order chi connectivity index (χ1) is 9.58. The monoisotopic (exact) mass is 283 g/mol. The van der Waals surface area contributed by atoms with Gasteiger partial charge in [0.05, 0.1) is 12.3 Å². The summed E-state index contributed by atoms with van der Waals surface area (Å²) in [5.74, 6) is -1.10. The first-order valence-electron chi connectivity index (χ1n) is 6.37. The van der Waals surface area contributed by atoms with E-state index in [-0.39, 0.29) is 13.0 Å². The summed E-state index contributed by atoms with van der Waals surface area (Å²) in [4.78, 5) is 24.0. The Morgan fingerprint density at radius 1 is 1.45 bits per heavy atom. The zero-order chi connectivity index (χ0) is 14.5. The van der Waals surface area contributed by atoms with E-state index in [4.69, 9.17) is 5.11 Å². The molecule has 2 rings (SSSR count). The fourth-order valence-corrected chi connectivity index (χ4v) is 2.16. The van der Waals surface area contributed by atoms with Gasteiger partial charge in [-0.2, -0.15) is 0 Å². The molecule has 9 heteroatoms. The average Bonchev–Trinajstić information content (AvgIpc) is 3.03. The van der Waals surface area contributed by atoms with Gasteiger partial charge in [0.25, 0.3) is 0 Å². The fraction of sp³-hybridized carbons (Fsp3) is 0.636. The van der Waals surface area contributed by atoms with E-state index >= 15 is 0 Å². The Labute approximate surface area is 115 Å². The summed E-state index contributed by atoms with van der Waals surface area (Å²) in [5.41, 5.74) is 0. The number of aliphatic hydroxyl groups is 1. The van der Waals surface area contributed by atoms with Crippen molar-refractivity contribution in [2.75, 3.05) is 13.1 Å². The summed E-state index contributed by atoms with van der Waals surface area (Å²) < 4.78 is 1.64. The highest BCUT2D eigenvalue weighted by atomic mass is 16.4. The summed E-state index contributed by atoms with van der Waals surface area (Å²) in [6, 6.07) is -1.42. The summed E-state index contributed by atoms with van der Waals surface area (Å²) in [6.45, 7) is 1.06. The second-order valence-electron chi connectivity index (χ2n) is 4.65. The molecule has 1 fully saturated rings. The Morgan fingerprint density at radius 3 is 2.90 bits per heavy atom. The van der Waals surface area contributed by atoms with Crippen LogP contribution in [0.2, 0.25) is 0 Å². The number of carboxylic acids is 1. The number of aromatic nitrogens is 3. The fourth-order valence-electron chi connectivity index (χ4n) is 2.16. The molecule has 1 aromatic rings. The minimum absolute atomic E-state index is 0.0475. The van der Waals surface area contributed by atoms with E-state index in [1.165, 1.54) is 0 Å². The number of aliphatic carboxylic acids is 1. The molecule has 1 saturated heterocycles. The molecule has 0 spiro atoms. The Morgan fingerprint density at radius 2 is 2.25 bits per heavy atom. The number of β-amino-alcohol motifs (C(OH)–C–C–N with tert-alkyl or cyclic N) is 1. The smallest absolute Gasteiger partial charge is 0.326 e. The van der Waals surface area contributed by atoms with Gasteiger partial charge in [0.15, 0.2) is 0 Å². The number of nitrogens with zero attached hydrogens (tertiary/aromatic N) is 4. The van der Waals surface area contributed by atoms with Crippen molar-refractivity contribution >= 4 is 12.0 Å².